The van der Waals surface area contributed by atoms with Gasteiger partial charge in [-0.2, -0.15) is 5.10 Å². The number of ether oxygens (including phenoxy) is 1. The minimum absolute atomic E-state index is 0.558. The molecule has 2 N–H and O–H groups in total. The first-order valence-corrected chi connectivity index (χ1v) is 9.06. The molecule has 0 aromatic heterocycles. The maximum absolute atomic E-state index is 12.0. The number of benzene rings is 3. The number of nitrogens with one attached hydrogen (secondary N) is 2. The van der Waals surface area contributed by atoms with Crippen LogP contribution >= 0.6 is 0 Å². The molecule has 0 atom stereocenters. The molecule has 0 aliphatic heterocycles. The molecule has 6 nitrogen and oxygen atoms in total. The summed E-state index contributed by atoms with van der Waals surface area (Å²) in [5, 5.41) is 6.39. The first-order valence-electron chi connectivity index (χ1n) is 9.06. The van der Waals surface area contributed by atoms with E-state index in [0.717, 1.165) is 16.9 Å². The van der Waals surface area contributed by atoms with Crippen molar-refractivity contribution in [3.05, 3.63) is 89.5 Å². The van der Waals surface area contributed by atoms with Crippen molar-refractivity contribution in [3.8, 4) is 11.5 Å². The lowest BCUT2D eigenvalue weighted by molar-refractivity contribution is -0.136. The molecule has 0 spiro atoms. The molecule has 0 fully saturated rings. The van der Waals surface area contributed by atoms with Gasteiger partial charge in [-0.05, 0) is 66.9 Å². The van der Waals surface area contributed by atoms with Crippen LogP contribution in [0.4, 0.5) is 5.69 Å². The van der Waals surface area contributed by atoms with Crippen molar-refractivity contribution in [2.45, 2.75) is 13.8 Å². The lowest BCUT2D eigenvalue weighted by atomic mass is 10.1. The van der Waals surface area contributed by atoms with Crippen LogP contribution in [0.2, 0.25) is 0 Å². The van der Waals surface area contributed by atoms with E-state index in [1.165, 1.54) is 6.21 Å². The van der Waals surface area contributed by atoms with Crippen molar-refractivity contribution in [2.75, 3.05) is 5.32 Å². The molecule has 0 aliphatic carbocycles. The number of amides is 2. The van der Waals surface area contributed by atoms with E-state index in [0.29, 0.717) is 17.0 Å². The number of anilines is 1. The highest BCUT2D eigenvalue weighted by Crippen LogP contribution is 2.21. The lowest BCUT2D eigenvalue weighted by Gasteiger charge is -2.07. The standard InChI is InChI=1S/C23H21N3O3/c1-16-11-12-19(13-17(16)2)25-22(27)23(28)26-24-15-18-7-6-10-21(14-18)29-20-8-4-3-5-9-20/h3-15H,1-2H3,(H,25,27)(H,26,28)/b24-15+. The molecule has 0 heterocycles. The Morgan fingerprint density at radius 3 is 2.34 bits per heavy atom. The van der Waals surface area contributed by atoms with E-state index < -0.39 is 11.8 Å². The summed E-state index contributed by atoms with van der Waals surface area (Å²) < 4.78 is 5.76. The second-order valence-corrected chi connectivity index (χ2v) is 6.44. The average Bonchev–Trinajstić information content (AvgIpc) is 2.72. The summed E-state index contributed by atoms with van der Waals surface area (Å²) in [4.78, 5) is 23.9. The van der Waals surface area contributed by atoms with Crippen LogP contribution in [0.25, 0.3) is 0 Å². The fraction of sp³-hybridized carbons (Fsp3) is 0.0870. The molecule has 0 bridgehead atoms. The number of hydrogen-bond acceptors (Lipinski definition) is 4. The van der Waals surface area contributed by atoms with E-state index in [1.54, 1.807) is 12.1 Å². The fourth-order valence-electron chi connectivity index (χ4n) is 2.51. The zero-order valence-electron chi connectivity index (χ0n) is 16.2. The largest absolute Gasteiger partial charge is 0.457 e. The molecule has 146 valence electrons. The highest BCUT2D eigenvalue weighted by molar-refractivity contribution is 6.39. The third kappa shape index (κ3) is 5.77. The normalized spacial score (nSPS) is 10.6. The molecule has 0 unspecified atom stereocenters. The van der Waals surface area contributed by atoms with Gasteiger partial charge in [0.1, 0.15) is 11.5 Å². The highest BCUT2D eigenvalue weighted by Gasteiger charge is 2.13. The number of aryl methyl sites for hydroxylation is 2. The summed E-state index contributed by atoms with van der Waals surface area (Å²) >= 11 is 0. The fourth-order valence-corrected chi connectivity index (χ4v) is 2.51. The molecule has 3 aromatic rings. The minimum atomic E-state index is -0.851. The van der Waals surface area contributed by atoms with Gasteiger partial charge in [0.25, 0.3) is 0 Å². The van der Waals surface area contributed by atoms with Crippen molar-refractivity contribution < 1.29 is 14.3 Å². The van der Waals surface area contributed by atoms with Crippen LogP contribution in [-0.4, -0.2) is 18.0 Å². The molecule has 29 heavy (non-hydrogen) atoms. The van der Waals surface area contributed by atoms with Crippen molar-refractivity contribution in [3.63, 3.8) is 0 Å². The summed E-state index contributed by atoms with van der Waals surface area (Å²) in [5.74, 6) is -0.278. The van der Waals surface area contributed by atoms with E-state index in [4.69, 9.17) is 4.74 Å². The Morgan fingerprint density at radius 2 is 1.59 bits per heavy atom. The summed E-state index contributed by atoms with van der Waals surface area (Å²) in [5.41, 5.74) is 5.63. The number of para-hydroxylation sites is 1. The van der Waals surface area contributed by atoms with Gasteiger partial charge in [0, 0.05) is 5.69 Å². The van der Waals surface area contributed by atoms with E-state index >= 15 is 0 Å². The van der Waals surface area contributed by atoms with Crippen molar-refractivity contribution in [1.82, 2.24) is 5.43 Å². The van der Waals surface area contributed by atoms with E-state index in [1.807, 2.05) is 74.5 Å². The van der Waals surface area contributed by atoms with Gasteiger partial charge in [-0.15, -0.1) is 0 Å². The van der Waals surface area contributed by atoms with E-state index in [2.05, 4.69) is 15.8 Å². The van der Waals surface area contributed by atoms with E-state index in [-0.39, 0.29) is 0 Å². The van der Waals surface area contributed by atoms with Gasteiger partial charge in [0.15, 0.2) is 0 Å². The van der Waals surface area contributed by atoms with Crippen LogP contribution in [0.15, 0.2) is 77.9 Å². The average molecular weight is 387 g/mol. The van der Waals surface area contributed by atoms with Gasteiger partial charge in [0.2, 0.25) is 0 Å². The summed E-state index contributed by atoms with van der Waals surface area (Å²) in [7, 11) is 0. The number of hydrazone groups is 1. The van der Waals surface area contributed by atoms with Crippen LogP contribution < -0.4 is 15.5 Å². The Morgan fingerprint density at radius 1 is 0.828 bits per heavy atom. The molecule has 6 heteroatoms. The Hall–Kier alpha value is -3.93. The molecule has 3 rings (SSSR count). The first kappa shape index (κ1) is 19.8. The maximum atomic E-state index is 12.0. The summed E-state index contributed by atoms with van der Waals surface area (Å²) in [6.45, 7) is 3.91. The summed E-state index contributed by atoms with van der Waals surface area (Å²) in [6.07, 6.45) is 1.44. The van der Waals surface area contributed by atoms with Gasteiger partial charge in [-0.3, -0.25) is 9.59 Å². The topological polar surface area (TPSA) is 79.8 Å². The van der Waals surface area contributed by atoms with Gasteiger partial charge in [0.05, 0.1) is 6.21 Å². The zero-order chi connectivity index (χ0) is 20.6. The molecule has 3 aromatic carbocycles. The van der Waals surface area contributed by atoms with E-state index in [9.17, 15) is 9.59 Å². The molecule has 0 radical (unpaired) electrons. The highest BCUT2D eigenvalue weighted by atomic mass is 16.5. The number of carbonyl (C=O) groups is 2. The lowest BCUT2D eigenvalue weighted by Crippen LogP contribution is -2.32. The number of nitrogens with zero attached hydrogens (tertiary/aromatic N) is 1. The number of hydrogen-bond donors (Lipinski definition) is 2. The Balaban J connectivity index is 1.56. The molecule has 0 saturated heterocycles. The van der Waals surface area contributed by atoms with Gasteiger partial charge in [-0.1, -0.05) is 36.4 Å². The van der Waals surface area contributed by atoms with Crippen molar-refractivity contribution in [1.29, 1.82) is 0 Å². The zero-order valence-corrected chi connectivity index (χ0v) is 16.2. The van der Waals surface area contributed by atoms with Crippen LogP contribution in [0.3, 0.4) is 0 Å². The van der Waals surface area contributed by atoms with Crippen LogP contribution in [0.5, 0.6) is 11.5 Å². The molecular weight excluding hydrogens is 366 g/mol. The Bertz CT molecular complexity index is 1050. The van der Waals surface area contributed by atoms with Gasteiger partial charge in [-0.25, -0.2) is 5.43 Å². The third-order valence-corrected chi connectivity index (χ3v) is 4.19. The van der Waals surface area contributed by atoms with Crippen LogP contribution in [-0.2, 0) is 9.59 Å². The Labute approximate surface area is 169 Å². The van der Waals surface area contributed by atoms with Crippen LogP contribution in [0.1, 0.15) is 16.7 Å². The van der Waals surface area contributed by atoms with Gasteiger partial charge < -0.3 is 10.1 Å². The molecule has 0 saturated carbocycles. The molecule has 0 aliphatic rings. The van der Waals surface area contributed by atoms with Crippen LogP contribution in [0, 0.1) is 13.8 Å². The third-order valence-electron chi connectivity index (χ3n) is 4.19. The SMILES string of the molecule is Cc1ccc(NC(=O)C(=O)N/N=C/c2cccc(Oc3ccccc3)c2)cc1C. The minimum Gasteiger partial charge on any atom is -0.457 e. The summed E-state index contributed by atoms with van der Waals surface area (Å²) in [6, 6.07) is 22.0. The quantitative estimate of drug-likeness (QED) is 0.391. The second kappa shape index (κ2) is 9.32. The molecular formula is C23H21N3O3. The van der Waals surface area contributed by atoms with Crippen molar-refractivity contribution in [2.24, 2.45) is 5.10 Å². The predicted octanol–water partition coefficient (Wildman–Crippen LogP) is 4.18. The monoisotopic (exact) mass is 387 g/mol. The smallest absolute Gasteiger partial charge is 0.329 e. The molecule has 2 amide bonds. The maximum Gasteiger partial charge on any atom is 0.329 e. The predicted molar refractivity (Wildman–Crippen MR) is 113 cm³/mol. The van der Waals surface area contributed by atoms with Gasteiger partial charge >= 0.3 is 11.8 Å². The Kier molecular flexibility index (Phi) is 6.37. The second-order valence-electron chi connectivity index (χ2n) is 6.44. The first-order chi connectivity index (χ1) is 14.0. The number of carbonyl (C=O) groups excluding carboxylic acids is 2. The van der Waals surface area contributed by atoms with Crippen molar-refractivity contribution >= 4 is 23.7 Å². The number of rotatable bonds is 5.